The van der Waals surface area contributed by atoms with Gasteiger partial charge >= 0.3 is 5.97 Å². The minimum Gasteiger partial charge on any atom is -0.480 e. The van der Waals surface area contributed by atoms with Crippen molar-refractivity contribution in [2.45, 2.75) is 45.2 Å². The molecule has 7 nitrogen and oxygen atoms in total. The van der Waals surface area contributed by atoms with E-state index in [1.807, 2.05) is 43.3 Å². The number of nitriles is 1. The molecule has 0 saturated carbocycles. The Morgan fingerprint density at radius 3 is 2.16 bits per heavy atom. The van der Waals surface area contributed by atoms with Crippen molar-refractivity contribution in [3.05, 3.63) is 35.9 Å². The Hall–Kier alpha value is -2.88. The van der Waals surface area contributed by atoms with Crippen LogP contribution >= 0.6 is 0 Å². The van der Waals surface area contributed by atoms with Crippen LogP contribution in [-0.2, 0) is 14.4 Å². The molecule has 134 valence electrons. The van der Waals surface area contributed by atoms with Crippen LogP contribution in [-0.4, -0.2) is 28.9 Å². The predicted octanol–water partition coefficient (Wildman–Crippen LogP) is 1.76. The highest BCUT2D eigenvalue weighted by molar-refractivity contribution is 5.87. The minimum atomic E-state index is -1.20. The van der Waals surface area contributed by atoms with Crippen molar-refractivity contribution in [1.29, 1.82) is 5.26 Å². The van der Waals surface area contributed by atoms with Crippen LogP contribution in [0.2, 0.25) is 0 Å². The lowest BCUT2D eigenvalue weighted by Crippen LogP contribution is -2.42. The largest absolute Gasteiger partial charge is 0.480 e. The van der Waals surface area contributed by atoms with Gasteiger partial charge in [-0.2, -0.15) is 5.26 Å². The third kappa shape index (κ3) is 7.48. The summed E-state index contributed by atoms with van der Waals surface area (Å²) in [6.45, 7) is 3.43. The van der Waals surface area contributed by atoms with Crippen LogP contribution in [0.1, 0.15) is 44.7 Å². The average Bonchev–Trinajstić information content (AvgIpc) is 2.59. The Bertz CT molecular complexity index is 639. The molecule has 0 heterocycles. The molecule has 3 N–H and O–H groups in total. The number of hydrogen-bond acceptors (Lipinski definition) is 4. The molecule has 0 aromatic heterocycles. The number of amides is 2. The summed E-state index contributed by atoms with van der Waals surface area (Å²) in [5.74, 6) is -2.50. The highest BCUT2D eigenvalue weighted by Gasteiger charge is 2.22. The van der Waals surface area contributed by atoms with E-state index >= 15 is 0 Å². The molecule has 1 aromatic carbocycles. The number of rotatable bonds is 9. The standard InChI is InChI=1S/C18H23N3O4/c1-12(11-19)10-15(18(24)25)21-17(23)9-8-16(22)20-13(2)14-6-4-3-5-7-14/h3-7,12-13,15H,8-10H2,1-2H3,(H,20,22)(H,21,23)(H,24,25)/t12-,13-,15-/m1/s1. The highest BCUT2D eigenvalue weighted by Crippen LogP contribution is 2.11. The molecule has 0 unspecified atom stereocenters. The number of hydrogen-bond donors (Lipinski definition) is 3. The molecule has 7 heteroatoms. The van der Waals surface area contributed by atoms with Crippen LogP contribution in [0, 0.1) is 17.2 Å². The normalized spacial score (nSPS) is 13.8. The van der Waals surface area contributed by atoms with Crippen molar-refractivity contribution in [2.24, 2.45) is 5.92 Å². The zero-order chi connectivity index (χ0) is 18.8. The lowest BCUT2D eigenvalue weighted by molar-refractivity contribution is -0.142. The molecular weight excluding hydrogens is 322 g/mol. The van der Waals surface area contributed by atoms with E-state index in [1.54, 1.807) is 6.92 Å². The second-order valence-corrected chi connectivity index (χ2v) is 5.92. The molecule has 0 saturated heterocycles. The molecular formula is C18H23N3O4. The molecule has 25 heavy (non-hydrogen) atoms. The van der Waals surface area contributed by atoms with Gasteiger partial charge in [-0.3, -0.25) is 9.59 Å². The zero-order valence-electron chi connectivity index (χ0n) is 14.4. The maximum atomic E-state index is 11.9. The fourth-order valence-electron chi connectivity index (χ4n) is 2.26. The highest BCUT2D eigenvalue weighted by atomic mass is 16.4. The van der Waals surface area contributed by atoms with Crippen molar-refractivity contribution in [1.82, 2.24) is 10.6 Å². The Morgan fingerprint density at radius 2 is 1.64 bits per heavy atom. The van der Waals surface area contributed by atoms with Crippen molar-refractivity contribution in [2.75, 3.05) is 0 Å². The summed E-state index contributed by atoms with van der Waals surface area (Å²) in [4.78, 5) is 34.9. The van der Waals surface area contributed by atoms with Crippen molar-refractivity contribution < 1.29 is 19.5 Å². The summed E-state index contributed by atoms with van der Waals surface area (Å²) < 4.78 is 0. The minimum absolute atomic E-state index is 0.0226. The fraction of sp³-hybridized carbons (Fsp3) is 0.444. The van der Waals surface area contributed by atoms with Gasteiger partial charge in [-0.15, -0.1) is 0 Å². The van der Waals surface area contributed by atoms with E-state index in [4.69, 9.17) is 10.4 Å². The Balaban J connectivity index is 2.43. The SMILES string of the molecule is C[C@@H](C#N)C[C@@H](NC(=O)CCC(=O)N[C@H](C)c1ccccc1)C(=O)O. The Morgan fingerprint density at radius 1 is 1.08 bits per heavy atom. The lowest BCUT2D eigenvalue weighted by Gasteiger charge is -2.16. The fourth-order valence-corrected chi connectivity index (χ4v) is 2.26. The van der Waals surface area contributed by atoms with Crippen LogP contribution in [0.4, 0.5) is 0 Å². The van der Waals surface area contributed by atoms with E-state index < -0.39 is 23.8 Å². The van der Waals surface area contributed by atoms with E-state index in [0.717, 1.165) is 5.56 Å². The first-order chi connectivity index (χ1) is 11.8. The van der Waals surface area contributed by atoms with E-state index in [0.29, 0.717) is 0 Å². The summed E-state index contributed by atoms with van der Waals surface area (Å²) in [6, 6.07) is 10.0. The number of nitrogens with one attached hydrogen (secondary N) is 2. The van der Waals surface area contributed by atoms with Gasteiger partial charge in [0, 0.05) is 18.8 Å². The van der Waals surface area contributed by atoms with E-state index in [2.05, 4.69) is 10.6 Å². The first kappa shape index (κ1) is 20.2. The third-order valence-corrected chi connectivity index (χ3v) is 3.70. The van der Waals surface area contributed by atoms with Gasteiger partial charge in [-0.1, -0.05) is 30.3 Å². The number of nitrogens with zero attached hydrogens (tertiary/aromatic N) is 1. The summed E-state index contributed by atoms with van der Waals surface area (Å²) in [5.41, 5.74) is 0.955. The first-order valence-electron chi connectivity index (χ1n) is 8.09. The van der Waals surface area contributed by atoms with Crippen molar-refractivity contribution >= 4 is 17.8 Å². The van der Waals surface area contributed by atoms with Crippen LogP contribution in [0.15, 0.2) is 30.3 Å². The lowest BCUT2D eigenvalue weighted by atomic mass is 10.0. The number of carbonyl (C=O) groups excluding carboxylic acids is 2. The molecule has 0 radical (unpaired) electrons. The first-order valence-corrected chi connectivity index (χ1v) is 8.09. The van der Waals surface area contributed by atoms with Gasteiger partial charge in [0.2, 0.25) is 11.8 Å². The Labute approximate surface area is 147 Å². The summed E-state index contributed by atoms with van der Waals surface area (Å²) >= 11 is 0. The number of carboxylic acid groups (broad SMARTS) is 1. The second-order valence-electron chi connectivity index (χ2n) is 5.92. The third-order valence-electron chi connectivity index (χ3n) is 3.70. The van der Waals surface area contributed by atoms with Gasteiger partial charge in [0.15, 0.2) is 0 Å². The van der Waals surface area contributed by atoms with Gasteiger partial charge in [-0.25, -0.2) is 4.79 Å². The molecule has 1 aromatic rings. The molecule has 0 bridgehead atoms. The summed E-state index contributed by atoms with van der Waals surface area (Å²) in [7, 11) is 0. The summed E-state index contributed by atoms with van der Waals surface area (Å²) in [6.07, 6.45) is -0.129. The van der Waals surface area contributed by atoms with E-state index in [1.165, 1.54) is 0 Å². The Kier molecular flexibility index (Phi) is 8.13. The van der Waals surface area contributed by atoms with Gasteiger partial charge in [-0.05, 0) is 25.8 Å². The van der Waals surface area contributed by atoms with Gasteiger partial charge < -0.3 is 15.7 Å². The molecule has 0 aliphatic rings. The van der Waals surface area contributed by atoms with Crippen LogP contribution in [0.3, 0.4) is 0 Å². The van der Waals surface area contributed by atoms with Crippen LogP contribution < -0.4 is 10.6 Å². The molecule has 2 amide bonds. The second kappa shape index (κ2) is 10.1. The van der Waals surface area contributed by atoms with Crippen molar-refractivity contribution in [3.8, 4) is 6.07 Å². The number of aliphatic carboxylic acids is 1. The molecule has 0 aliphatic heterocycles. The molecule has 0 fully saturated rings. The van der Waals surface area contributed by atoms with Gasteiger partial charge in [0.25, 0.3) is 0 Å². The number of carboxylic acids is 1. The maximum absolute atomic E-state index is 11.9. The smallest absolute Gasteiger partial charge is 0.326 e. The topological polar surface area (TPSA) is 119 Å². The quantitative estimate of drug-likeness (QED) is 0.630. The summed E-state index contributed by atoms with van der Waals surface area (Å²) in [5, 5.41) is 23.0. The predicted molar refractivity (Wildman–Crippen MR) is 91.2 cm³/mol. The number of carbonyl (C=O) groups is 3. The van der Waals surface area contributed by atoms with Crippen LogP contribution in [0.25, 0.3) is 0 Å². The maximum Gasteiger partial charge on any atom is 0.326 e. The number of benzene rings is 1. The molecule has 1 rings (SSSR count). The molecule has 0 aliphatic carbocycles. The monoisotopic (exact) mass is 345 g/mol. The van der Waals surface area contributed by atoms with E-state index in [-0.39, 0.29) is 31.2 Å². The molecule has 0 spiro atoms. The zero-order valence-corrected chi connectivity index (χ0v) is 14.4. The molecule has 3 atom stereocenters. The van der Waals surface area contributed by atoms with Gasteiger partial charge in [0.1, 0.15) is 6.04 Å². The van der Waals surface area contributed by atoms with Gasteiger partial charge in [0.05, 0.1) is 12.1 Å². The van der Waals surface area contributed by atoms with E-state index in [9.17, 15) is 14.4 Å². The average molecular weight is 345 g/mol. The van der Waals surface area contributed by atoms with Crippen molar-refractivity contribution in [3.63, 3.8) is 0 Å². The van der Waals surface area contributed by atoms with Crippen LogP contribution in [0.5, 0.6) is 0 Å².